The molecule has 0 spiro atoms. The van der Waals surface area contributed by atoms with Crippen LogP contribution in [0.1, 0.15) is 16.8 Å². The zero-order chi connectivity index (χ0) is 25.8. The van der Waals surface area contributed by atoms with Crippen molar-refractivity contribution in [3.63, 3.8) is 0 Å². The molecule has 184 valence electrons. The molecule has 0 N–H and O–H groups in total. The predicted molar refractivity (Wildman–Crippen MR) is 102 cm³/mol. The van der Waals surface area contributed by atoms with E-state index in [0.717, 1.165) is 6.20 Å². The van der Waals surface area contributed by atoms with E-state index in [9.17, 15) is 39.5 Å². The minimum atomic E-state index is -5.15. The van der Waals surface area contributed by atoms with Crippen LogP contribution in [-0.2, 0) is 18.5 Å². The fourth-order valence-electron chi connectivity index (χ4n) is 3.09. The number of benzene rings is 2. The van der Waals surface area contributed by atoms with Crippen molar-refractivity contribution in [2.75, 3.05) is 0 Å². The van der Waals surface area contributed by atoms with Gasteiger partial charge in [-0.25, -0.2) is 4.68 Å². The molecule has 0 aliphatic heterocycles. The highest BCUT2D eigenvalue weighted by atomic mass is 35.5. The second kappa shape index (κ2) is 8.29. The molecule has 4 rings (SSSR count). The molecule has 5 nitrogen and oxygen atoms in total. The van der Waals surface area contributed by atoms with Gasteiger partial charge in [0, 0.05) is 10.6 Å². The summed E-state index contributed by atoms with van der Waals surface area (Å²) in [5, 5.41) is 7.19. The number of alkyl halides is 9. The molecule has 0 saturated heterocycles. The zero-order valence-electron chi connectivity index (χ0n) is 16.6. The number of halogens is 10. The summed E-state index contributed by atoms with van der Waals surface area (Å²) in [5.74, 6) is -1.61. The van der Waals surface area contributed by atoms with Crippen molar-refractivity contribution in [3.8, 4) is 28.5 Å². The van der Waals surface area contributed by atoms with Crippen molar-refractivity contribution in [1.29, 1.82) is 0 Å². The summed E-state index contributed by atoms with van der Waals surface area (Å²) in [6.07, 6.45) is -14.6. The first-order valence-corrected chi connectivity index (χ1v) is 9.57. The molecular formula is C20H8ClF9N4O. The van der Waals surface area contributed by atoms with Gasteiger partial charge in [-0.05, 0) is 42.5 Å². The summed E-state index contributed by atoms with van der Waals surface area (Å²) in [4.78, 5) is 3.61. The first-order chi connectivity index (χ1) is 16.1. The van der Waals surface area contributed by atoms with Crippen LogP contribution in [0.5, 0.6) is 0 Å². The quantitative estimate of drug-likeness (QED) is 0.263. The summed E-state index contributed by atoms with van der Waals surface area (Å²) < 4.78 is 126. The number of hydrogen-bond acceptors (Lipinski definition) is 4. The van der Waals surface area contributed by atoms with Gasteiger partial charge in [-0.1, -0.05) is 16.8 Å². The Balaban J connectivity index is 1.83. The SMILES string of the molecule is FC(F)(F)c1cc(-c2noc(-c3cnn(-c4ccc(Cl)cc4)c3C(F)(F)F)n2)cc(C(F)(F)F)c1. The van der Waals surface area contributed by atoms with Crippen LogP contribution in [0.3, 0.4) is 0 Å². The third-order valence-corrected chi connectivity index (χ3v) is 4.86. The van der Waals surface area contributed by atoms with E-state index in [0.29, 0.717) is 16.8 Å². The molecule has 0 atom stereocenters. The Morgan fingerprint density at radius 3 is 1.86 bits per heavy atom. The standard InChI is InChI=1S/C20H8ClF9N4O/c21-12-1-3-13(4-2-12)34-15(20(28,29)30)14(8-31-34)17-32-16(33-35-17)9-5-10(18(22,23)24)7-11(6-9)19(25,26)27/h1-8H. The summed E-state index contributed by atoms with van der Waals surface area (Å²) in [7, 11) is 0. The van der Waals surface area contributed by atoms with Crippen LogP contribution in [-0.4, -0.2) is 19.9 Å². The lowest BCUT2D eigenvalue weighted by molar-refractivity contribution is -0.143. The van der Waals surface area contributed by atoms with Gasteiger partial charge in [0.25, 0.3) is 5.89 Å². The highest BCUT2D eigenvalue weighted by Crippen LogP contribution is 2.40. The van der Waals surface area contributed by atoms with Crippen LogP contribution in [0, 0.1) is 0 Å². The van der Waals surface area contributed by atoms with E-state index in [1.807, 2.05) is 0 Å². The number of nitrogens with zero attached hydrogens (tertiary/aromatic N) is 4. The molecule has 4 aromatic rings. The lowest BCUT2D eigenvalue weighted by atomic mass is 10.0. The number of rotatable bonds is 3. The normalized spacial score (nSPS) is 12.9. The largest absolute Gasteiger partial charge is 0.434 e. The third kappa shape index (κ3) is 4.97. The molecule has 15 heteroatoms. The fourth-order valence-corrected chi connectivity index (χ4v) is 3.22. The van der Waals surface area contributed by atoms with Crippen LogP contribution in [0.2, 0.25) is 5.02 Å². The highest BCUT2D eigenvalue weighted by Gasteiger charge is 2.41. The molecule has 0 aliphatic carbocycles. The number of aromatic nitrogens is 4. The molecule has 35 heavy (non-hydrogen) atoms. The van der Waals surface area contributed by atoms with Gasteiger partial charge < -0.3 is 4.52 Å². The van der Waals surface area contributed by atoms with Crippen molar-refractivity contribution < 1.29 is 44.0 Å². The maximum Gasteiger partial charge on any atom is 0.434 e. The Bertz CT molecular complexity index is 1340. The summed E-state index contributed by atoms with van der Waals surface area (Å²) >= 11 is 5.74. The van der Waals surface area contributed by atoms with Crippen LogP contribution in [0.4, 0.5) is 39.5 Å². The molecule has 2 aromatic carbocycles. The second-order valence-electron chi connectivity index (χ2n) is 7.01. The van der Waals surface area contributed by atoms with Crippen molar-refractivity contribution in [1.82, 2.24) is 19.9 Å². The molecule has 0 fully saturated rings. The number of hydrogen-bond donors (Lipinski definition) is 0. The van der Waals surface area contributed by atoms with Gasteiger partial charge in [0.05, 0.1) is 28.6 Å². The van der Waals surface area contributed by atoms with E-state index >= 15 is 0 Å². The molecule has 0 aliphatic rings. The van der Waals surface area contributed by atoms with E-state index in [1.165, 1.54) is 24.3 Å². The van der Waals surface area contributed by atoms with Crippen molar-refractivity contribution in [3.05, 3.63) is 70.5 Å². The monoisotopic (exact) mass is 526 g/mol. The van der Waals surface area contributed by atoms with Gasteiger partial charge in [0.2, 0.25) is 5.82 Å². The van der Waals surface area contributed by atoms with Gasteiger partial charge in [-0.2, -0.15) is 49.6 Å². The van der Waals surface area contributed by atoms with Gasteiger partial charge in [-0.3, -0.25) is 0 Å². The Morgan fingerprint density at radius 1 is 0.771 bits per heavy atom. The van der Waals surface area contributed by atoms with E-state index in [1.54, 1.807) is 0 Å². The molecule has 0 unspecified atom stereocenters. The molecule has 0 saturated carbocycles. The average molecular weight is 527 g/mol. The van der Waals surface area contributed by atoms with Gasteiger partial charge in [0.1, 0.15) is 0 Å². The Kier molecular flexibility index (Phi) is 5.82. The lowest BCUT2D eigenvalue weighted by Gasteiger charge is -2.13. The summed E-state index contributed by atoms with van der Waals surface area (Å²) in [6, 6.07) is 5.66. The molecule has 2 heterocycles. The maximum atomic E-state index is 13.9. The van der Waals surface area contributed by atoms with Gasteiger partial charge in [0.15, 0.2) is 5.69 Å². The van der Waals surface area contributed by atoms with E-state index in [2.05, 4.69) is 15.2 Å². The average Bonchev–Trinajstić information content (AvgIpc) is 3.40. The van der Waals surface area contributed by atoms with Crippen molar-refractivity contribution >= 4 is 11.6 Å². The smallest absolute Gasteiger partial charge is 0.333 e. The Labute approximate surface area is 193 Å². The zero-order valence-corrected chi connectivity index (χ0v) is 17.4. The van der Waals surface area contributed by atoms with Crippen LogP contribution in [0.15, 0.2) is 53.2 Å². The maximum absolute atomic E-state index is 13.9. The fraction of sp³-hybridized carbons (Fsp3) is 0.150. The third-order valence-electron chi connectivity index (χ3n) is 4.61. The van der Waals surface area contributed by atoms with Crippen molar-refractivity contribution in [2.24, 2.45) is 0 Å². The summed E-state index contributed by atoms with van der Waals surface area (Å²) in [5.41, 5.74) is -6.22. The minimum Gasteiger partial charge on any atom is -0.333 e. The second-order valence-corrected chi connectivity index (χ2v) is 7.45. The highest BCUT2D eigenvalue weighted by molar-refractivity contribution is 6.30. The van der Waals surface area contributed by atoms with Gasteiger partial charge >= 0.3 is 18.5 Å². The Hall–Kier alpha value is -3.55. The van der Waals surface area contributed by atoms with Gasteiger partial charge in [-0.15, -0.1) is 0 Å². The van der Waals surface area contributed by atoms with E-state index < -0.39 is 58.2 Å². The molecule has 0 bridgehead atoms. The molecule has 2 aromatic heterocycles. The Morgan fingerprint density at radius 2 is 1.34 bits per heavy atom. The van der Waals surface area contributed by atoms with E-state index in [4.69, 9.17) is 16.1 Å². The first-order valence-electron chi connectivity index (χ1n) is 9.19. The predicted octanol–water partition coefficient (Wildman–Crippen LogP) is 7.30. The summed E-state index contributed by atoms with van der Waals surface area (Å²) in [6.45, 7) is 0. The van der Waals surface area contributed by atoms with Crippen LogP contribution in [0.25, 0.3) is 28.5 Å². The van der Waals surface area contributed by atoms with E-state index in [-0.39, 0.29) is 16.8 Å². The molecular weight excluding hydrogens is 519 g/mol. The minimum absolute atomic E-state index is 0.0413. The lowest BCUT2D eigenvalue weighted by Crippen LogP contribution is -2.14. The van der Waals surface area contributed by atoms with Crippen LogP contribution >= 0.6 is 11.6 Å². The topological polar surface area (TPSA) is 56.7 Å². The molecule has 0 amide bonds. The van der Waals surface area contributed by atoms with Crippen LogP contribution < -0.4 is 0 Å². The van der Waals surface area contributed by atoms with Crippen molar-refractivity contribution in [2.45, 2.75) is 18.5 Å². The molecule has 0 radical (unpaired) electrons. The first kappa shape index (κ1) is 24.6.